The highest BCUT2D eigenvalue weighted by atomic mass is 19.1. The van der Waals surface area contributed by atoms with Crippen LogP contribution in [-0.4, -0.2) is 16.2 Å². The molecule has 0 aliphatic heterocycles. The van der Waals surface area contributed by atoms with Crippen LogP contribution in [-0.2, 0) is 4.79 Å². The Morgan fingerprint density at radius 2 is 2.08 bits per heavy atom. The van der Waals surface area contributed by atoms with E-state index in [1.807, 2.05) is 0 Å². The van der Waals surface area contributed by atoms with Gasteiger partial charge in [0.1, 0.15) is 5.82 Å². The Morgan fingerprint density at radius 3 is 2.62 bits per heavy atom. The number of aliphatic carboxylic acids is 1. The lowest BCUT2D eigenvalue weighted by Crippen LogP contribution is -1.98. The summed E-state index contributed by atoms with van der Waals surface area (Å²) in [6.07, 6.45) is 0.978. The number of aliphatic hydroxyl groups is 1. The maximum Gasteiger partial charge on any atom is 0.370 e. The smallest absolute Gasteiger partial charge is 0.370 e. The van der Waals surface area contributed by atoms with Gasteiger partial charge in [-0.2, -0.15) is 0 Å². The SMILES string of the molecule is O=C(O)/C(O)=C/c1cccc(F)c1. The molecule has 1 aromatic carbocycles. The molecule has 0 unspecified atom stereocenters. The van der Waals surface area contributed by atoms with Gasteiger partial charge in [0, 0.05) is 0 Å². The first kappa shape index (κ1) is 9.25. The number of halogens is 1. The summed E-state index contributed by atoms with van der Waals surface area (Å²) >= 11 is 0. The van der Waals surface area contributed by atoms with E-state index in [4.69, 9.17) is 10.2 Å². The minimum Gasteiger partial charge on any atom is -0.502 e. The molecule has 68 valence electrons. The fourth-order valence-corrected chi connectivity index (χ4v) is 0.816. The topological polar surface area (TPSA) is 57.5 Å². The molecule has 4 heteroatoms. The molecule has 3 nitrogen and oxygen atoms in total. The molecular formula is C9H7FO3. The van der Waals surface area contributed by atoms with Gasteiger partial charge in [-0.25, -0.2) is 9.18 Å². The number of hydrogen-bond acceptors (Lipinski definition) is 2. The average Bonchev–Trinajstić information content (AvgIpc) is 2.04. The van der Waals surface area contributed by atoms with Crippen molar-refractivity contribution in [2.24, 2.45) is 0 Å². The molecule has 0 spiro atoms. The van der Waals surface area contributed by atoms with E-state index in [1.54, 1.807) is 0 Å². The third-order valence-electron chi connectivity index (χ3n) is 1.37. The van der Waals surface area contributed by atoms with Crippen LogP contribution in [0.4, 0.5) is 4.39 Å². The lowest BCUT2D eigenvalue weighted by atomic mass is 10.2. The van der Waals surface area contributed by atoms with Crippen LogP contribution in [0.25, 0.3) is 6.08 Å². The van der Waals surface area contributed by atoms with Crippen LogP contribution in [0.2, 0.25) is 0 Å². The number of benzene rings is 1. The predicted octanol–water partition coefficient (Wildman–Crippen LogP) is 1.81. The number of rotatable bonds is 2. The van der Waals surface area contributed by atoms with Gasteiger partial charge < -0.3 is 10.2 Å². The first-order valence-corrected chi connectivity index (χ1v) is 3.49. The minimum atomic E-state index is -1.44. The lowest BCUT2D eigenvalue weighted by Gasteiger charge is -1.94. The number of carbonyl (C=O) groups is 1. The van der Waals surface area contributed by atoms with Gasteiger partial charge in [0.25, 0.3) is 0 Å². The van der Waals surface area contributed by atoms with Crippen molar-refractivity contribution in [3.05, 3.63) is 41.4 Å². The van der Waals surface area contributed by atoms with E-state index < -0.39 is 17.5 Å². The largest absolute Gasteiger partial charge is 0.502 e. The van der Waals surface area contributed by atoms with Crippen LogP contribution in [0, 0.1) is 5.82 Å². The maximum absolute atomic E-state index is 12.6. The highest BCUT2D eigenvalue weighted by molar-refractivity contribution is 5.89. The molecule has 0 amide bonds. The van der Waals surface area contributed by atoms with E-state index in [9.17, 15) is 9.18 Å². The molecule has 0 fully saturated rings. The third kappa shape index (κ3) is 2.59. The summed E-state index contributed by atoms with van der Waals surface area (Å²) in [5.74, 6) is -2.73. The zero-order valence-electron chi connectivity index (χ0n) is 6.57. The fourth-order valence-electron chi connectivity index (χ4n) is 0.816. The normalized spacial score (nSPS) is 11.3. The third-order valence-corrected chi connectivity index (χ3v) is 1.37. The Morgan fingerprint density at radius 1 is 1.38 bits per heavy atom. The van der Waals surface area contributed by atoms with Gasteiger partial charge >= 0.3 is 5.97 Å². The zero-order valence-corrected chi connectivity index (χ0v) is 6.57. The summed E-state index contributed by atoms with van der Waals surface area (Å²) in [6.45, 7) is 0. The molecule has 0 heterocycles. The molecule has 0 radical (unpaired) electrons. The number of hydrogen-bond donors (Lipinski definition) is 2. The molecule has 0 aromatic heterocycles. The summed E-state index contributed by atoms with van der Waals surface area (Å²) in [4.78, 5) is 10.2. The minimum absolute atomic E-state index is 0.305. The van der Waals surface area contributed by atoms with E-state index in [0.717, 1.165) is 12.1 Å². The van der Waals surface area contributed by atoms with Gasteiger partial charge in [-0.1, -0.05) is 12.1 Å². The Kier molecular flexibility index (Phi) is 2.64. The van der Waals surface area contributed by atoms with Crippen LogP contribution < -0.4 is 0 Å². The summed E-state index contributed by atoms with van der Waals surface area (Å²) in [5, 5.41) is 17.1. The van der Waals surface area contributed by atoms with E-state index in [2.05, 4.69) is 0 Å². The van der Waals surface area contributed by atoms with Crippen molar-refractivity contribution in [3.63, 3.8) is 0 Å². The van der Waals surface area contributed by atoms with E-state index >= 15 is 0 Å². The monoisotopic (exact) mass is 182 g/mol. The number of aliphatic hydroxyl groups excluding tert-OH is 1. The highest BCUT2D eigenvalue weighted by Crippen LogP contribution is 2.07. The quantitative estimate of drug-likeness (QED) is 0.541. The molecule has 0 atom stereocenters. The van der Waals surface area contributed by atoms with Crippen molar-refractivity contribution >= 4 is 12.0 Å². The Balaban J connectivity index is 2.97. The molecule has 0 bridgehead atoms. The molecule has 2 N–H and O–H groups in total. The van der Waals surface area contributed by atoms with Crippen molar-refractivity contribution in [3.8, 4) is 0 Å². The predicted molar refractivity (Wildman–Crippen MR) is 44.6 cm³/mol. The van der Waals surface area contributed by atoms with Crippen LogP contribution in [0.3, 0.4) is 0 Å². The van der Waals surface area contributed by atoms with Crippen LogP contribution in [0.1, 0.15) is 5.56 Å². The Bertz CT molecular complexity index is 358. The number of carboxylic acids is 1. The molecular weight excluding hydrogens is 175 g/mol. The molecule has 13 heavy (non-hydrogen) atoms. The number of carboxylic acid groups (broad SMARTS) is 1. The van der Waals surface area contributed by atoms with Crippen molar-refractivity contribution in [2.45, 2.75) is 0 Å². The van der Waals surface area contributed by atoms with E-state index in [-0.39, 0.29) is 0 Å². The molecule has 0 saturated carbocycles. The summed E-state index contributed by atoms with van der Waals surface area (Å²) in [5.41, 5.74) is 0.305. The molecule has 0 saturated heterocycles. The van der Waals surface area contributed by atoms with Gasteiger partial charge in [0.15, 0.2) is 0 Å². The van der Waals surface area contributed by atoms with Crippen molar-refractivity contribution in [1.82, 2.24) is 0 Å². The van der Waals surface area contributed by atoms with Gasteiger partial charge in [-0.05, 0) is 23.8 Å². The van der Waals surface area contributed by atoms with Crippen molar-refractivity contribution in [1.29, 1.82) is 0 Å². The molecule has 1 aromatic rings. The van der Waals surface area contributed by atoms with Crippen LogP contribution in [0.15, 0.2) is 30.0 Å². The zero-order chi connectivity index (χ0) is 9.84. The first-order chi connectivity index (χ1) is 6.09. The summed E-state index contributed by atoms with van der Waals surface area (Å²) in [7, 11) is 0. The van der Waals surface area contributed by atoms with Gasteiger partial charge in [0.05, 0.1) is 0 Å². The van der Waals surface area contributed by atoms with Crippen molar-refractivity contribution in [2.75, 3.05) is 0 Å². The average molecular weight is 182 g/mol. The van der Waals surface area contributed by atoms with Crippen LogP contribution >= 0.6 is 0 Å². The van der Waals surface area contributed by atoms with Gasteiger partial charge in [-0.15, -0.1) is 0 Å². The molecule has 1 rings (SSSR count). The second-order valence-corrected chi connectivity index (χ2v) is 2.39. The Labute approximate surface area is 73.8 Å². The van der Waals surface area contributed by atoms with Gasteiger partial charge in [0.2, 0.25) is 5.76 Å². The van der Waals surface area contributed by atoms with Crippen LogP contribution in [0.5, 0.6) is 0 Å². The second kappa shape index (κ2) is 3.71. The standard InChI is InChI=1S/C9H7FO3/c10-7-3-1-2-6(4-7)5-8(11)9(12)13/h1-5,11H,(H,12,13)/b8-5-. The first-order valence-electron chi connectivity index (χ1n) is 3.49. The summed E-state index contributed by atoms with van der Waals surface area (Å²) in [6, 6.07) is 5.27. The summed E-state index contributed by atoms with van der Waals surface area (Å²) < 4.78 is 12.6. The van der Waals surface area contributed by atoms with Crippen molar-refractivity contribution < 1.29 is 19.4 Å². The molecule has 0 aliphatic rings. The fraction of sp³-hybridized carbons (Fsp3) is 0. The van der Waals surface area contributed by atoms with Gasteiger partial charge in [-0.3, -0.25) is 0 Å². The Hall–Kier alpha value is -1.84. The lowest BCUT2D eigenvalue weighted by molar-refractivity contribution is -0.135. The highest BCUT2D eigenvalue weighted by Gasteiger charge is 2.03. The molecule has 0 aliphatic carbocycles. The van der Waals surface area contributed by atoms with E-state index in [0.29, 0.717) is 5.56 Å². The second-order valence-electron chi connectivity index (χ2n) is 2.39. The van der Waals surface area contributed by atoms with E-state index in [1.165, 1.54) is 18.2 Å². The maximum atomic E-state index is 12.6.